The predicted octanol–water partition coefficient (Wildman–Crippen LogP) is 5.97. The summed E-state index contributed by atoms with van der Waals surface area (Å²) < 4.78 is 86.1. The van der Waals surface area contributed by atoms with Crippen molar-refractivity contribution in [2.45, 2.75) is 24.3 Å². The summed E-state index contributed by atoms with van der Waals surface area (Å²) in [6, 6.07) is 12.1. The van der Waals surface area contributed by atoms with E-state index in [1.54, 1.807) is 4.90 Å². The van der Waals surface area contributed by atoms with Gasteiger partial charge in [-0.05, 0) is 29.8 Å². The van der Waals surface area contributed by atoms with E-state index >= 15 is 0 Å². The molecule has 2 N–H and O–H groups in total. The summed E-state index contributed by atoms with van der Waals surface area (Å²) in [5.41, 5.74) is -3.91. The second-order valence-corrected chi connectivity index (χ2v) is 9.72. The number of benzene rings is 3. The Morgan fingerprint density at radius 3 is 2.24 bits per heavy atom. The van der Waals surface area contributed by atoms with Crippen molar-refractivity contribution in [3.63, 3.8) is 0 Å². The lowest BCUT2D eigenvalue weighted by Crippen LogP contribution is -2.47. The molecule has 1 aromatic heterocycles. The van der Waals surface area contributed by atoms with Crippen molar-refractivity contribution in [3.8, 4) is 0 Å². The van der Waals surface area contributed by atoms with Crippen molar-refractivity contribution < 1.29 is 36.2 Å². The molecule has 41 heavy (non-hydrogen) atoms. The molecule has 1 aliphatic heterocycles. The van der Waals surface area contributed by atoms with Gasteiger partial charge in [0.25, 0.3) is 5.56 Å². The van der Waals surface area contributed by atoms with Gasteiger partial charge in [-0.3, -0.25) is 9.36 Å². The van der Waals surface area contributed by atoms with Crippen molar-refractivity contribution in [1.82, 2.24) is 9.55 Å². The SMILES string of the molecule is Cn1c(N2CC(c3ccccc3)C2)nc2c([C@H](Nc3ccccc3C(=O)O)C(F)(F)F)cc(C(F)(F)F)cc2c1=O. The monoisotopic (exact) mass is 576 g/mol. The Labute approximate surface area is 228 Å². The molecular formula is C28H22F6N4O3. The van der Waals surface area contributed by atoms with Crippen molar-refractivity contribution in [2.24, 2.45) is 7.05 Å². The van der Waals surface area contributed by atoms with Gasteiger partial charge in [-0.2, -0.15) is 26.3 Å². The number of rotatable bonds is 6. The van der Waals surface area contributed by atoms with Crippen LogP contribution in [0, 0.1) is 0 Å². The maximum absolute atomic E-state index is 14.5. The van der Waals surface area contributed by atoms with E-state index in [2.05, 4.69) is 10.3 Å². The van der Waals surface area contributed by atoms with E-state index in [1.807, 2.05) is 30.3 Å². The molecule has 0 aliphatic carbocycles. The average Bonchev–Trinajstić information content (AvgIpc) is 2.88. The van der Waals surface area contributed by atoms with Gasteiger partial charge in [-0.1, -0.05) is 42.5 Å². The topological polar surface area (TPSA) is 87.5 Å². The van der Waals surface area contributed by atoms with Crippen LogP contribution in [0.25, 0.3) is 10.9 Å². The van der Waals surface area contributed by atoms with E-state index in [0.717, 1.165) is 22.3 Å². The molecule has 1 fully saturated rings. The van der Waals surface area contributed by atoms with Gasteiger partial charge in [0.1, 0.15) is 0 Å². The van der Waals surface area contributed by atoms with Gasteiger partial charge in [0, 0.05) is 37.3 Å². The fourth-order valence-corrected chi connectivity index (χ4v) is 4.92. The normalized spacial score (nSPS) is 15.0. The summed E-state index contributed by atoms with van der Waals surface area (Å²) in [4.78, 5) is 30.9. The third-order valence-corrected chi connectivity index (χ3v) is 7.04. The number of carboxylic acids is 1. The van der Waals surface area contributed by atoms with Crippen LogP contribution in [0.15, 0.2) is 71.5 Å². The fourth-order valence-electron chi connectivity index (χ4n) is 4.92. The smallest absolute Gasteiger partial charge is 0.416 e. The van der Waals surface area contributed by atoms with Gasteiger partial charge in [0.2, 0.25) is 5.95 Å². The summed E-state index contributed by atoms with van der Waals surface area (Å²) in [6.45, 7) is 0.775. The average molecular weight is 576 g/mol. The molecule has 214 valence electrons. The number of carbonyl (C=O) groups is 1. The van der Waals surface area contributed by atoms with E-state index in [4.69, 9.17) is 0 Å². The molecule has 13 heteroatoms. The number of anilines is 2. The molecule has 0 amide bonds. The second kappa shape index (κ2) is 10.1. The Bertz CT molecular complexity index is 1680. The first-order valence-corrected chi connectivity index (χ1v) is 12.3. The molecule has 2 heterocycles. The van der Waals surface area contributed by atoms with Crippen LogP contribution in [0.5, 0.6) is 0 Å². The van der Waals surface area contributed by atoms with Crippen LogP contribution < -0.4 is 15.8 Å². The Hall–Kier alpha value is -4.55. The third kappa shape index (κ3) is 5.31. The first-order valence-electron chi connectivity index (χ1n) is 12.3. The number of hydrogen-bond acceptors (Lipinski definition) is 5. The Morgan fingerprint density at radius 1 is 1.00 bits per heavy atom. The summed E-state index contributed by atoms with van der Waals surface area (Å²) in [7, 11) is 1.29. The number of aromatic nitrogens is 2. The van der Waals surface area contributed by atoms with Gasteiger partial charge in [-0.25, -0.2) is 9.78 Å². The molecule has 3 aromatic carbocycles. The summed E-state index contributed by atoms with van der Waals surface area (Å²) in [5, 5.41) is 10.9. The lowest BCUT2D eigenvalue weighted by atomic mass is 9.92. The highest BCUT2D eigenvalue weighted by molar-refractivity contribution is 5.94. The number of nitrogens with one attached hydrogen (secondary N) is 1. The molecule has 1 atom stereocenters. The molecule has 0 saturated carbocycles. The van der Waals surface area contributed by atoms with Crippen molar-refractivity contribution >= 4 is 28.5 Å². The third-order valence-electron chi connectivity index (χ3n) is 7.04. The molecule has 5 rings (SSSR count). The number of halogens is 6. The number of fused-ring (bicyclic) bond motifs is 1. The van der Waals surface area contributed by atoms with Crippen molar-refractivity contribution in [1.29, 1.82) is 0 Å². The van der Waals surface area contributed by atoms with Gasteiger partial charge in [-0.15, -0.1) is 0 Å². The minimum Gasteiger partial charge on any atom is -0.478 e. The number of nitrogens with zero attached hydrogens (tertiary/aromatic N) is 3. The fraction of sp³-hybridized carbons (Fsp3) is 0.250. The lowest BCUT2D eigenvalue weighted by molar-refractivity contribution is -0.145. The molecule has 7 nitrogen and oxygen atoms in total. The van der Waals surface area contributed by atoms with Crippen LogP contribution in [0.2, 0.25) is 0 Å². The van der Waals surface area contributed by atoms with Crippen LogP contribution >= 0.6 is 0 Å². The van der Waals surface area contributed by atoms with E-state index in [-0.39, 0.29) is 11.9 Å². The van der Waals surface area contributed by atoms with E-state index in [1.165, 1.54) is 19.2 Å². The summed E-state index contributed by atoms with van der Waals surface area (Å²) in [6.07, 6.45) is -10.3. The molecule has 0 radical (unpaired) electrons. The summed E-state index contributed by atoms with van der Waals surface area (Å²) >= 11 is 0. The molecule has 0 unspecified atom stereocenters. The van der Waals surface area contributed by atoms with Crippen molar-refractivity contribution in [3.05, 3.63) is 99.3 Å². The van der Waals surface area contributed by atoms with Crippen LogP contribution in [-0.4, -0.2) is 39.9 Å². The lowest BCUT2D eigenvalue weighted by Gasteiger charge is -2.41. The quantitative estimate of drug-likeness (QED) is 0.275. The van der Waals surface area contributed by atoms with E-state index in [0.29, 0.717) is 25.2 Å². The highest BCUT2D eigenvalue weighted by Crippen LogP contribution is 2.42. The zero-order valence-corrected chi connectivity index (χ0v) is 21.3. The number of aromatic carboxylic acids is 1. The van der Waals surface area contributed by atoms with Gasteiger partial charge < -0.3 is 15.3 Å². The number of para-hydroxylation sites is 1. The molecule has 4 aromatic rings. The van der Waals surface area contributed by atoms with Crippen LogP contribution in [0.1, 0.15) is 39.0 Å². The van der Waals surface area contributed by atoms with Gasteiger partial charge >= 0.3 is 18.3 Å². The van der Waals surface area contributed by atoms with Crippen LogP contribution in [-0.2, 0) is 13.2 Å². The van der Waals surface area contributed by atoms with E-state index in [9.17, 15) is 41.0 Å². The zero-order chi connectivity index (χ0) is 29.7. The van der Waals surface area contributed by atoms with Crippen molar-refractivity contribution in [2.75, 3.05) is 23.3 Å². The Kier molecular flexibility index (Phi) is 6.92. The maximum Gasteiger partial charge on any atom is 0.416 e. The number of hydrogen-bond donors (Lipinski definition) is 2. The van der Waals surface area contributed by atoms with Gasteiger partial charge in [0.05, 0.1) is 22.0 Å². The summed E-state index contributed by atoms with van der Waals surface area (Å²) in [5.74, 6) is -1.47. The number of carboxylic acid groups (broad SMARTS) is 1. The van der Waals surface area contributed by atoms with Crippen LogP contribution in [0.4, 0.5) is 38.0 Å². The Balaban J connectivity index is 1.68. The number of alkyl halides is 6. The molecular weight excluding hydrogens is 554 g/mol. The minimum absolute atomic E-state index is 0.00236. The maximum atomic E-state index is 14.5. The first-order chi connectivity index (χ1) is 19.3. The Morgan fingerprint density at radius 2 is 1.63 bits per heavy atom. The molecule has 0 spiro atoms. The first kappa shape index (κ1) is 28.0. The highest BCUT2D eigenvalue weighted by atomic mass is 19.4. The molecule has 1 aliphatic rings. The molecule has 1 saturated heterocycles. The zero-order valence-electron chi connectivity index (χ0n) is 21.3. The second-order valence-electron chi connectivity index (χ2n) is 9.72. The standard InChI is InChI=1S/C28H22F6N4O3/c1-37-24(39)20-12-17(27(29,30)31)11-19(23(28(32,33)34)35-21-10-6-5-9-18(21)25(40)41)22(20)36-26(37)38-13-16(14-38)15-7-3-2-4-8-15/h2-12,16,23,35H,13-14H2,1H3,(H,40,41)/t23-/m0/s1. The largest absolute Gasteiger partial charge is 0.478 e. The van der Waals surface area contributed by atoms with E-state index < -0.39 is 63.2 Å². The predicted molar refractivity (Wildman–Crippen MR) is 139 cm³/mol. The molecule has 0 bridgehead atoms. The van der Waals surface area contributed by atoms with Gasteiger partial charge in [0.15, 0.2) is 6.04 Å². The van der Waals surface area contributed by atoms with Crippen LogP contribution in [0.3, 0.4) is 0 Å². The minimum atomic E-state index is -5.21. The highest BCUT2D eigenvalue weighted by Gasteiger charge is 2.44.